The van der Waals surface area contributed by atoms with Gasteiger partial charge in [0.1, 0.15) is 6.61 Å². The topological polar surface area (TPSA) is 32.8 Å². The number of hydrogen-bond acceptors (Lipinski definition) is 4. The molecule has 3 heterocycles. The highest BCUT2D eigenvalue weighted by Crippen LogP contribution is 2.43. The smallest absolute Gasteiger partial charge is 0.306 e. The average molecular weight is 447 g/mol. The van der Waals surface area contributed by atoms with E-state index < -0.39 is 0 Å². The molecule has 3 fully saturated rings. The molecule has 176 valence electrons. The molecule has 0 saturated carbocycles. The molecule has 1 unspecified atom stereocenters. The quantitative estimate of drug-likeness (QED) is 0.517. The van der Waals surface area contributed by atoms with Crippen LogP contribution in [0.3, 0.4) is 0 Å². The van der Waals surface area contributed by atoms with Gasteiger partial charge in [-0.1, -0.05) is 60.7 Å². The first-order chi connectivity index (χ1) is 16.3. The molecule has 2 aromatic carbocycles. The van der Waals surface area contributed by atoms with Crippen molar-refractivity contribution in [2.75, 3.05) is 19.6 Å². The molecule has 3 saturated heterocycles. The van der Waals surface area contributed by atoms with Crippen LogP contribution in [0.5, 0.6) is 0 Å². The summed E-state index contributed by atoms with van der Waals surface area (Å²) < 4.78 is 5.55. The van der Waals surface area contributed by atoms with E-state index in [1.54, 1.807) is 0 Å². The van der Waals surface area contributed by atoms with Gasteiger partial charge in [0.25, 0.3) is 0 Å². The van der Waals surface area contributed by atoms with E-state index in [9.17, 15) is 4.79 Å². The summed E-state index contributed by atoms with van der Waals surface area (Å²) in [6.45, 7) is 5.19. The first kappa shape index (κ1) is 22.6. The van der Waals surface area contributed by atoms with E-state index in [0.717, 1.165) is 42.8 Å². The number of hydrogen-bond donors (Lipinski definition) is 0. The summed E-state index contributed by atoms with van der Waals surface area (Å²) in [4.78, 5) is 18.0. The highest BCUT2D eigenvalue weighted by Gasteiger charge is 2.48. The first-order valence-electron chi connectivity index (χ1n) is 13.0. The Hall–Kier alpha value is -2.17. The van der Waals surface area contributed by atoms with Crippen molar-refractivity contribution in [2.45, 2.75) is 70.2 Å². The lowest BCUT2D eigenvalue weighted by Gasteiger charge is -2.57. The average Bonchev–Trinajstić information content (AvgIpc) is 2.86. The molecular formula is C29H38N2O2. The number of rotatable bonds is 8. The summed E-state index contributed by atoms with van der Waals surface area (Å²) >= 11 is 0. The molecule has 4 nitrogen and oxygen atoms in total. The van der Waals surface area contributed by atoms with Crippen molar-refractivity contribution < 1.29 is 9.53 Å². The normalized spacial score (nSPS) is 27.6. The van der Waals surface area contributed by atoms with E-state index in [4.69, 9.17) is 4.74 Å². The van der Waals surface area contributed by atoms with E-state index in [1.165, 1.54) is 50.9 Å². The van der Waals surface area contributed by atoms with Crippen molar-refractivity contribution in [3.8, 4) is 0 Å². The molecule has 4 atom stereocenters. The molecular weight excluding hydrogens is 408 g/mol. The van der Waals surface area contributed by atoms with Crippen molar-refractivity contribution in [3.05, 3.63) is 71.8 Å². The molecule has 0 spiro atoms. The SMILES string of the molecule is O=C(CCCC1[C@H]2CCCN3CCC[C@@H](CN1Cc1ccccc1)[C@@H]23)OCc1ccccc1. The number of carbonyl (C=O) groups excluding carboxylic acids is 1. The lowest BCUT2D eigenvalue weighted by molar-refractivity contribution is -0.145. The zero-order valence-electron chi connectivity index (χ0n) is 19.8. The van der Waals surface area contributed by atoms with Gasteiger partial charge in [-0.05, 0) is 74.6 Å². The van der Waals surface area contributed by atoms with Gasteiger partial charge in [0, 0.05) is 31.6 Å². The molecule has 0 radical (unpaired) electrons. The maximum atomic E-state index is 12.4. The minimum absolute atomic E-state index is 0.0647. The Bertz CT molecular complexity index is 885. The van der Waals surface area contributed by atoms with Gasteiger partial charge in [-0.25, -0.2) is 0 Å². The number of piperidine rings is 3. The van der Waals surface area contributed by atoms with Gasteiger partial charge in [-0.3, -0.25) is 14.6 Å². The summed E-state index contributed by atoms with van der Waals surface area (Å²) in [5.41, 5.74) is 2.46. The molecule has 5 rings (SSSR count). The minimum Gasteiger partial charge on any atom is -0.461 e. The second-order valence-electron chi connectivity index (χ2n) is 10.3. The van der Waals surface area contributed by atoms with Gasteiger partial charge in [-0.2, -0.15) is 0 Å². The zero-order chi connectivity index (χ0) is 22.5. The van der Waals surface area contributed by atoms with Crippen LogP contribution in [-0.2, 0) is 22.7 Å². The predicted octanol–water partition coefficient (Wildman–Crippen LogP) is 5.28. The van der Waals surface area contributed by atoms with Crippen LogP contribution in [0.4, 0.5) is 0 Å². The monoisotopic (exact) mass is 446 g/mol. The summed E-state index contributed by atoms with van der Waals surface area (Å²) in [6, 6.07) is 22.2. The maximum Gasteiger partial charge on any atom is 0.306 e. The minimum atomic E-state index is -0.0647. The van der Waals surface area contributed by atoms with Crippen molar-refractivity contribution in [2.24, 2.45) is 11.8 Å². The second kappa shape index (κ2) is 10.8. The van der Waals surface area contributed by atoms with Gasteiger partial charge in [0.15, 0.2) is 0 Å². The molecule has 0 aromatic heterocycles. The summed E-state index contributed by atoms with van der Waals surface area (Å²) in [7, 11) is 0. The van der Waals surface area contributed by atoms with Crippen LogP contribution in [0.2, 0.25) is 0 Å². The highest BCUT2D eigenvalue weighted by molar-refractivity contribution is 5.69. The third-order valence-electron chi connectivity index (χ3n) is 8.13. The standard InChI is InChI=1S/C29H38N2O2/c32-28(33-22-24-12-5-2-6-13-24)17-7-16-27-26-15-9-19-30-18-8-14-25(29(26)30)21-31(27)20-23-10-3-1-4-11-23/h1-6,10-13,25-27,29H,7-9,14-22H2/t25-,26+,27?,29-/m0/s1. The number of nitrogens with zero attached hydrogens (tertiary/aromatic N) is 2. The molecule has 3 aliphatic heterocycles. The predicted molar refractivity (Wildman–Crippen MR) is 132 cm³/mol. The molecule has 0 N–H and O–H groups in total. The van der Waals surface area contributed by atoms with Gasteiger partial charge >= 0.3 is 5.97 Å². The van der Waals surface area contributed by atoms with E-state index >= 15 is 0 Å². The third kappa shape index (κ3) is 5.50. The Balaban J connectivity index is 1.22. The Morgan fingerprint density at radius 3 is 2.36 bits per heavy atom. The van der Waals surface area contributed by atoms with Crippen LogP contribution in [0.25, 0.3) is 0 Å². The number of benzene rings is 2. The number of likely N-dealkylation sites (tertiary alicyclic amines) is 1. The summed E-state index contributed by atoms with van der Waals surface area (Å²) in [5.74, 6) is 1.48. The van der Waals surface area contributed by atoms with Crippen LogP contribution in [0.1, 0.15) is 56.1 Å². The van der Waals surface area contributed by atoms with Crippen LogP contribution < -0.4 is 0 Å². The van der Waals surface area contributed by atoms with Crippen molar-refractivity contribution in [1.29, 1.82) is 0 Å². The molecule has 3 aliphatic rings. The van der Waals surface area contributed by atoms with E-state index in [2.05, 4.69) is 40.1 Å². The second-order valence-corrected chi connectivity index (χ2v) is 10.3. The number of esters is 1. The van der Waals surface area contributed by atoms with Gasteiger partial charge < -0.3 is 4.74 Å². The van der Waals surface area contributed by atoms with Crippen molar-refractivity contribution in [1.82, 2.24) is 9.80 Å². The number of ether oxygens (including phenoxy) is 1. The zero-order valence-corrected chi connectivity index (χ0v) is 19.8. The molecule has 2 aromatic rings. The highest BCUT2D eigenvalue weighted by atomic mass is 16.5. The Labute approximate surface area is 198 Å². The lowest BCUT2D eigenvalue weighted by Crippen LogP contribution is -2.64. The van der Waals surface area contributed by atoms with E-state index in [-0.39, 0.29) is 5.97 Å². The Morgan fingerprint density at radius 2 is 1.61 bits per heavy atom. The van der Waals surface area contributed by atoms with Crippen LogP contribution in [0, 0.1) is 11.8 Å². The number of carbonyl (C=O) groups is 1. The van der Waals surface area contributed by atoms with Gasteiger partial charge in [0.05, 0.1) is 0 Å². The van der Waals surface area contributed by atoms with Crippen molar-refractivity contribution in [3.63, 3.8) is 0 Å². The van der Waals surface area contributed by atoms with Gasteiger partial charge in [-0.15, -0.1) is 0 Å². The molecule has 0 bridgehead atoms. The van der Waals surface area contributed by atoms with Crippen LogP contribution in [0.15, 0.2) is 60.7 Å². The Morgan fingerprint density at radius 1 is 0.909 bits per heavy atom. The maximum absolute atomic E-state index is 12.4. The summed E-state index contributed by atoms with van der Waals surface area (Å²) in [6.07, 6.45) is 7.92. The fraction of sp³-hybridized carbons (Fsp3) is 0.552. The van der Waals surface area contributed by atoms with Gasteiger partial charge in [0.2, 0.25) is 0 Å². The third-order valence-corrected chi connectivity index (χ3v) is 8.13. The molecule has 4 heteroatoms. The van der Waals surface area contributed by atoms with Crippen LogP contribution in [-0.4, -0.2) is 47.5 Å². The summed E-state index contributed by atoms with van der Waals surface area (Å²) in [5, 5.41) is 0. The first-order valence-corrected chi connectivity index (χ1v) is 13.0. The molecule has 33 heavy (non-hydrogen) atoms. The van der Waals surface area contributed by atoms with E-state index in [1.807, 2.05) is 30.3 Å². The van der Waals surface area contributed by atoms with E-state index in [0.29, 0.717) is 19.1 Å². The van der Waals surface area contributed by atoms with Crippen LogP contribution >= 0.6 is 0 Å². The Kier molecular flexibility index (Phi) is 7.43. The fourth-order valence-corrected chi connectivity index (χ4v) is 6.75. The molecule has 0 aliphatic carbocycles. The fourth-order valence-electron chi connectivity index (χ4n) is 6.75. The van der Waals surface area contributed by atoms with Crippen molar-refractivity contribution >= 4 is 5.97 Å². The largest absolute Gasteiger partial charge is 0.461 e. The lowest BCUT2D eigenvalue weighted by atomic mass is 9.69. The molecule has 0 amide bonds.